The fourth-order valence-corrected chi connectivity index (χ4v) is 1.01. The van der Waals surface area contributed by atoms with Gasteiger partial charge in [-0.15, -0.1) is 0 Å². The van der Waals surface area contributed by atoms with Gasteiger partial charge in [-0.1, -0.05) is 0 Å². The zero-order valence-corrected chi connectivity index (χ0v) is 7.56. The second-order valence-electron chi connectivity index (χ2n) is 1.84. The molecule has 0 spiro atoms. The standard InChI is InChI=1S/C7H5ClNSe/c8-6-3-1-5(2-4-6)7(9)10/h1-4,9H. The van der Waals surface area contributed by atoms with Gasteiger partial charge in [0.05, 0.1) is 0 Å². The first-order valence-electron chi connectivity index (χ1n) is 2.71. The van der Waals surface area contributed by atoms with Crippen LogP contribution in [0.15, 0.2) is 24.3 Å². The molecule has 51 valence electrons. The number of halogens is 1. The van der Waals surface area contributed by atoms with Crippen LogP contribution < -0.4 is 0 Å². The molecule has 0 amide bonds. The minimum atomic E-state index is 0.441. The quantitative estimate of drug-likeness (QED) is 0.548. The van der Waals surface area contributed by atoms with E-state index < -0.39 is 0 Å². The Morgan fingerprint density at radius 1 is 1.30 bits per heavy atom. The Kier molecular flexibility index (Phi) is 2.50. The van der Waals surface area contributed by atoms with Crippen LogP contribution >= 0.6 is 11.6 Å². The summed E-state index contributed by atoms with van der Waals surface area (Å²) in [5, 5.41) is 7.91. The van der Waals surface area contributed by atoms with Crippen LogP contribution in [0, 0.1) is 5.41 Å². The Morgan fingerprint density at radius 3 is 2.20 bits per heavy atom. The van der Waals surface area contributed by atoms with E-state index in [2.05, 4.69) is 16.0 Å². The van der Waals surface area contributed by atoms with Gasteiger partial charge in [-0.3, -0.25) is 0 Å². The fourth-order valence-electron chi connectivity index (χ4n) is 0.601. The van der Waals surface area contributed by atoms with E-state index in [0.29, 0.717) is 9.63 Å². The van der Waals surface area contributed by atoms with Crippen molar-refractivity contribution in [3.8, 4) is 0 Å². The molecule has 10 heavy (non-hydrogen) atoms. The van der Waals surface area contributed by atoms with Crippen LogP contribution in [-0.2, 0) is 0 Å². The van der Waals surface area contributed by atoms with E-state index in [1.54, 1.807) is 24.3 Å². The summed E-state index contributed by atoms with van der Waals surface area (Å²) in [6.07, 6.45) is 0. The summed E-state index contributed by atoms with van der Waals surface area (Å²) < 4.78 is 0.441. The van der Waals surface area contributed by atoms with Crippen molar-refractivity contribution in [1.82, 2.24) is 0 Å². The van der Waals surface area contributed by atoms with Crippen LogP contribution in [0.1, 0.15) is 5.56 Å². The van der Waals surface area contributed by atoms with E-state index in [-0.39, 0.29) is 0 Å². The van der Waals surface area contributed by atoms with Gasteiger partial charge in [0, 0.05) is 0 Å². The van der Waals surface area contributed by atoms with Gasteiger partial charge >= 0.3 is 72.5 Å². The molecule has 0 fully saturated rings. The van der Waals surface area contributed by atoms with Crippen LogP contribution in [0.3, 0.4) is 0 Å². The van der Waals surface area contributed by atoms with Crippen molar-refractivity contribution in [3.63, 3.8) is 0 Å². The minimum absolute atomic E-state index is 0.441. The third kappa shape index (κ3) is 1.84. The molecule has 0 heterocycles. The molecule has 1 nitrogen and oxygen atoms in total. The van der Waals surface area contributed by atoms with Gasteiger partial charge < -0.3 is 0 Å². The zero-order valence-electron chi connectivity index (χ0n) is 5.10. The summed E-state index contributed by atoms with van der Waals surface area (Å²) in [6, 6.07) is 7.15. The molecule has 0 aliphatic carbocycles. The molecule has 0 saturated carbocycles. The van der Waals surface area contributed by atoms with Crippen LogP contribution in [0.2, 0.25) is 5.02 Å². The van der Waals surface area contributed by atoms with E-state index in [4.69, 9.17) is 17.0 Å². The normalized spacial score (nSPS) is 9.30. The maximum absolute atomic E-state index is 7.21. The molecule has 0 saturated heterocycles. The van der Waals surface area contributed by atoms with Gasteiger partial charge in [0.25, 0.3) is 0 Å². The molecule has 0 aliphatic rings. The average molecular weight is 218 g/mol. The van der Waals surface area contributed by atoms with Crippen molar-refractivity contribution in [2.45, 2.75) is 0 Å². The van der Waals surface area contributed by atoms with Crippen molar-refractivity contribution < 1.29 is 0 Å². The maximum atomic E-state index is 7.21. The number of hydrogen-bond donors (Lipinski definition) is 1. The zero-order chi connectivity index (χ0) is 7.56. The Hall–Kier alpha value is -0.301. The van der Waals surface area contributed by atoms with Gasteiger partial charge in [-0.2, -0.15) is 0 Å². The summed E-state index contributed by atoms with van der Waals surface area (Å²) >= 11 is 8.25. The summed E-state index contributed by atoms with van der Waals surface area (Å²) in [5.74, 6) is 0. The predicted molar refractivity (Wildman–Crippen MR) is 44.0 cm³/mol. The Morgan fingerprint density at radius 2 is 1.80 bits per heavy atom. The van der Waals surface area contributed by atoms with E-state index in [1.807, 2.05) is 0 Å². The predicted octanol–water partition coefficient (Wildman–Crippen LogP) is 1.83. The van der Waals surface area contributed by atoms with E-state index in [9.17, 15) is 0 Å². The molecule has 0 atom stereocenters. The molecule has 0 aliphatic heterocycles. The first-order valence-corrected chi connectivity index (χ1v) is 3.95. The molecule has 0 bridgehead atoms. The molecule has 1 N–H and O–H groups in total. The number of hydrogen-bond acceptors (Lipinski definition) is 1. The summed E-state index contributed by atoms with van der Waals surface area (Å²) in [5.41, 5.74) is 0.865. The monoisotopic (exact) mass is 218 g/mol. The Balaban J connectivity index is 3.00. The Labute approximate surface area is 72.7 Å². The van der Waals surface area contributed by atoms with Crippen molar-refractivity contribution >= 4 is 32.2 Å². The van der Waals surface area contributed by atoms with Crippen molar-refractivity contribution in [1.29, 1.82) is 5.41 Å². The van der Waals surface area contributed by atoms with Gasteiger partial charge in [-0.05, 0) is 0 Å². The third-order valence-corrected chi connectivity index (χ3v) is 1.85. The summed E-state index contributed by atoms with van der Waals surface area (Å²) in [6.45, 7) is 0. The van der Waals surface area contributed by atoms with Gasteiger partial charge in [0.1, 0.15) is 0 Å². The van der Waals surface area contributed by atoms with Crippen LogP contribution in [0.4, 0.5) is 0 Å². The molecule has 1 aromatic carbocycles. The molecule has 0 aromatic heterocycles. The van der Waals surface area contributed by atoms with Crippen molar-refractivity contribution in [2.75, 3.05) is 0 Å². The summed E-state index contributed by atoms with van der Waals surface area (Å²) in [4.78, 5) is 0. The van der Waals surface area contributed by atoms with Crippen LogP contribution in [0.25, 0.3) is 0 Å². The van der Waals surface area contributed by atoms with E-state index in [1.165, 1.54) is 0 Å². The molecule has 1 radical (unpaired) electrons. The number of nitrogens with one attached hydrogen (secondary N) is 1. The molecule has 1 aromatic rings. The number of rotatable bonds is 1. The molecule has 3 heteroatoms. The number of benzene rings is 1. The van der Waals surface area contributed by atoms with E-state index in [0.717, 1.165) is 5.56 Å². The Bertz CT molecular complexity index is 242. The van der Waals surface area contributed by atoms with Gasteiger partial charge in [0.15, 0.2) is 0 Å². The van der Waals surface area contributed by atoms with Crippen LogP contribution in [0.5, 0.6) is 0 Å². The summed E-state index contributed by atoms with van der Waals surface area (Å²) in [7, 11) is 0. The van der Waals surface area contributed by atoms with E-state index >= 15 is 0 Å². The first kappa shape index (κ1) is 7.80. The molecule has 1 rings (SSSR count). The van der Waals surface area contributed by atoms with Gasteiger partial charge in [0.2, 0.25) is 0 Å². The van der Waals surface area contributed by atoms with Gasteiger partial charge in [-0.25, -0.2) is 0 Å². The molecular weight excluding hydrogens is 212 g/mol. The molecular formula is C7H5ClNSe. The van der Waals surface area contributed by atoms with Crippen molar-refractivity contribution in [2.24, 2.45) is 0 Å². The topological polar surface area (TPSA) is 23.9 Å². The van der Waals surface area contributed by atoms with Crippen molar-refractivity contribution in [3.05, 3.63) is 34.9 Å². The third-order valence-electron chi connectivity index (χ3n) is 1.11. The average Bonchev–Trinajstić information content (AvgIpc) is 1.88. The SMILES string of the molecule is N=C([Se])c1ccc(Cl)cc1. The van der Waals surface area contributed by atoms with Crippen LogP contribution in [-0.4, -0.2) is 20.6 Å². The second-order valence-corrected chi connectivity index (χ2v) is 3.13. The first-order chi connectivity index (χ1) is 4.70. The molecule has 0 unspecified atom stereocenters. The second kappa shape index (κ2) is 3.20. The fraction of sp³-hybridized carbons (Fsp3) is 0.